The second kappa shape index (κ2) is 5.98. The number of hydrogen-bond acceptors (Lipinski definition) is 3. The number of nitrogens with zero attached hydrogens (tertiary/aromatic N) is 1. The van der Waals surface area contributed by atoms with Gasteiger partial charge in [-0.1, -0.05) is 0 Å². The van der Waals surface area contributed by atoms with Gasteiger partial charge < -0.3 is 10.6 Å². The fourth-order valence-corrected chi connectivity index (χ4v) is 4.82. The van der Waals surface area contributed by atoms with Crippen molar-refractivity contribution < 1.29 is 8.42 Å². The van der Waals surface area contributed by atoms with Gasteiger partial charge in [0.15, 0.2) is 15.8 Å². The van der Waals surface area contributed by atoms with Crippen LogP contribution < -0.4 is 10.6 Å². The molecule has 3 rings (SSSR count). The average molecular weight is 413 g/mol. The van der Waals surface area contributed by atoms with Gasteiger partial charge in [-0.15, -0.1) is 24.0 Å². The van der Waals surface area contributed by atoms with E-state index in [1.807, 2.05) is 0 Å². The predicted octanol–water partition coefficient (Wildman–Crippen LogP) is 1.15. The molecule has 0 bridgehead atoms. The third-order valence-corrected chi connectivity index (χ3v) is 6.51. The van der Waals surface area contributed by atoms with Gasteiger partial charge in [-0.3, -0.25) is 4.99 Å². The van der Waals surface area contributed by atoms with Crippen molar-refractivity contribution in [1.82, 2.24) is 10.6 Å². The molecule has 7 heteroatoms. The van der Waals surface area contributed by atoms with Gasteiger partial charge in [-0.25, -0.2) is 8.42 Å². The molecule has 1 saturated heterocycles. The van der Waals surface area contributed by atoms with Crippen molar-refractivity contribution in [3.05, 3.63) is 0 Å². The van der Waals surface area contributed by atoms with Gasteiger partial charge in [0.2, 0.25) is 0 Å². The van der Waals surface area contributed by atoms with E-state index < -0.39 is 9.84 Å². The topological polar surface area (TPSA) is 70.6 Å². The molecule has 3 fully saturated rings. The van der Waals surface area contributed by atoms with Crippen LogP contribution in [-0.2, 0) is 9.84 Å². The molecule has 2 N–H and O–H groups in total. The molecule has 0 aromatic rings. The van der Waals surface area contributed by atoms with Crippen molar-refractivity contribution in [2.75, 3.05) is 25.1 Å². The third kappa shape index (κ3) is 3.78. The van der Waals surface area contributed by atoms with Crippen LogP contribution in [0.4, 0.5) is 0 Å². The molecule has 2 saturated carbocycles. The Kier molecular flexibility index (Phi) is 4.88. The zero-order valence-electron chi connectivity index (χ0n) is 11.9. The third-order valence-electron chi connectivity index (χ3n) is 4.74. The van der Waals surface area contributed by atoms with Crippen molar-refractivity contribution >= 4 is 39.8 Å². The minimum absolute atomic E-state index is 0. The van der Waals surface area contributed by atoms with Crippen molar-refractivity contribution in [3.63, 3.8) is 0 Å². The Bertz CT molecular complexity index is 484. The maximum absolute atomic E-state index is 11.4. The van der Waals surface area contributed by atoms with Crippen LogP contribution in [0.3, 0.4) is 0 Å². The van der Waals surface area contributed by atoms with Gasteiger partial charge in [0.1, 0.15) is 0 Å². The van der Waals surface area contributed by atoms with Crippen molar-refractivity contribution in [2.24, 2.45) is 16.3 Å². The van der Waals surface area contributed by atoms with E-state index >= 15 is 0 Å². The number of nitrogens with one attached hydrogen (secondary N) is 2. The summed E-state index contributed by atoms with van der Waals surface area (Å²) in [5.74, 6) is 2.22. The molecule has 0 aromatic heterocycles. The molecule has 3 aliphatic rings. The number of guanidine groups is 1. The molecular formula is C13H24IN3O2S. The lowest BCUT2D eigenvalue weighted by atomic mass is 10.0. The first-order valence-electron chi connectivity index (χ1n) is 7.21. The van der Waals surface area contributed by atoms with Crippen molar-refractivity contribution in [1.29, 1.82) is 0 Å². The maximum atomic E-state index is 11.4. The quantitative estimate of drug-likeness (QED) is 0.412. The number of hydrogen-bond donors (Lipinski definition) is 2. The normalized spacial score (nSPS) is 30.4. The van der Waals surface area contributed by atoms with Gasteiger partial charge in [0.05, 0.1) is 11.5 Å². The molecular weight excluding hydrogens is 389 g/mol. The Morgan fingerprint density at radius 2 is 2.00 bits per heavy atom. The minimum Gasteiger partial charge on any atom is -0.356 e. The van der Waals surface area contributed by atoms with Crippen molar-refractivity contribution in [2.45, 2.75) is 38.1 Å². The van der Waals surface area contributed by atoms with E-state index in [2.05, 4.69) is 15.6 Å². The number of aliphatic imine (C=N–C) groups is 1. The summed E-state index contributed by atoms with van der Waals surface area (Å²) < 4.78 is 22.9. The molecule has 116 valence electrons. The summed E-state index contributed by atoms with van der Waals surface area (Å²) in [4.78, 5) is 4.21. The van der Waals surface area contributed by atoms with Gasteiger partial charge in [0, 0.05) is 19.6 Å². The van der Waals surface area contributed by atoms with E-state index in [9.17, 15) is 8.42 Å². The Morgan fingerprint density at radius 3 is 2.45 bits per heavy atom. The van der Waals surface area contributed by atoms with Gasteiger partial charge in [-0.2, -0.15) is 0 Å². The highest BCUT2D eigenvalue weighted by atomic mass is 127. The molecule has 0 radical (unpaired) electrons. The van der Waals surface area contributed by atoms with Gasteiger partial charge in [0.25, 0.3) is 0 Å². The second-order valence-electron chi connectivity index (χ2n) is 6.31. The zero-order valence-corrected chi connectivity index (χ0v) is 15.0. The maximum Gasteiger partial charge on any atom is 0.191 e. The number of halogens is 1. The SMILES string of the molecule is CN=C(NCC1(C2CC2)CC1)NC1CCS(=O)(=O)C1.I. The van der Waals surface area contributed by atoms with Gasteiger partial charge >= 0.3 is 0 Å². The van der Waals surface area contributed by atoms with E-state index in [1.54, 1.807) is 7.05 Å². The molecule has 1 aliphatic heterocycles. The average Bonchev–Trinajstić information content (AvgIpc) is 3.23. The first-order chi connectivity index (χ1) is 9.03. The molecule has 1 heterocycles. The largest absolute Gasteiger partial charge is 0.356 e. The van der Waals surface area contributed by atoms with Crippen LogP contribution in [0.2, 0.25) is 0 Å². The fraction of sp³-hybridized carbons (Fsp3) is 0.923. The standard InChI is InChI=1S/C13H23N3O2S.HI/c1-14-12(16-11-4-7-19(17,18)8-11)15-9-13(5-6-13)10-2-3-10;/h10-11H,2-9H2,1H3,(H2,14,15,16);1H. The summed E-state index contributed by atoms with van der Waals surface area (Å²) in [6, 6.07) is 0.0206. The van der Waals surface area contributed by atoms with Gasteiger partial charge in [-0.05, 0) is 43.4 Å². The van der Waals surface area contributed by atoms with Crippen LogP contribution in [0.25, 0.3) is 0 Å². The Hall–Kier alpha value is -0.0500. The second-order valence-corrected chi connectivity index (χ2v) is 8.54. The minimum atomic E-state index is -2.83. The number of rotatable bonds is 4. The van der Waals surface area contributed by atoms with Crippen LogP contribution in [0.1, 0.15) is 32.1 Å². The summed E-state index contributed by atoms with van der Waals surface area (Å²) in [6.45, 7) is 0.983. The van der Waals surface area contributed by atoms with Crippen LogP contribution in [0, 0.1) is 11.3 Å². The van der Waals surface area contributed by atoms with E-state index in [4.69, 9.17) is 0 Å². The summed E-state index contributed by atoms with van der Waals surface area (Å²) >= 11 is 0. The monoisotopic (exact) mass is 413 g/mol. The Balaban J connectivity index is 0.00000147. The van der Waals surface area contributed by atoms with E-state index in [0.717, 1.165) is 18.4 Å². The molecule has 0 amide bonds. The summed E-state index contributed by atoms with van der Waals surface area (Å²) in [5, 5.41) is 6.63. The smallest absolute Gasteiger partial charge is 0.191 e. The van der Waals surface area contributed by atoms with Crippen LogP contribution in [-0.4, -0.2) is 45.5 Å². The predicted molar refractivity (Wildman–Crippen MR) is 91.4 cm³/mol. The van der Waals surface area contributed by atoms with Crippen LogP contribution in [0.15, 0.2) is 4.99 Å². The first-order valence-corrected chi connectivity index (χ1v) is 9.03. The molecule has 2 aliphatic carbocycles. The molecule has 20 heavy (non-hydrogen) atoms. The van der Waals surface area contributed by atoms with E-state index in [1.165, 1.54) is 25.7 Å². The van der Waals surface area contributed by atoms with E-state index in [0.29, 0.717) is 17.6 Å². The summed E-state index contributed by atoms with van der Waals surface area (Å²) in [5.41, 5.74) is 0.527. The van der Waals surface area contributed by atoms with Crippen LogP contribution in [0.5, 0.6) is 0 Å². The molecule has 1 unspecified atom stereocenters. The molecule has 5 nitrogen and oxygen atoms in total. The Labute approximate surface area is 138 Å². The fourth-order valence-electron chi connectivity index (χ4n) is 3.14. The lowest BCUT2D eigenvalue weighted by Gasteiger charge is -2.20. The highest BCUT2D eigenvalue weighted by molar-refractivity contribution is 14.0. The summed E-state index contributed by atoms with van der Waals surface area (Å²) in [7, 11) is -1.08. The van der Waals surface area contributed by atoms with Crippen molar-refractivity contribution in [3.8, 4) is 0 Å². The molecule has 0 aromatic carbocycles. The highest BCUT2D eigenvalue weighted by Crippen LogP contribution is 2.60. The zero-order chi connectivity index (χ0) is 13.5. The lowest BCUT2D eigenvalue weighted by Crippen LogP contribution is -2.45. The summed E-state index contributed by atoms with van der Waals surface area (Å²) in [6.07, 6.45) is 6.12. The highest BCUT2D eigenvalue weighted by Gasteiger charge is 2.53. The number of sulfone groups is 1. The Morgan fingerprint density at radius 1 is 1.30 bits per heavy atom. The molecule has 0 spiro atoms. The van der Waals surface area contributed by atoms with E-state index in [-0.39, 0.29) is 35.8 Å². The lowest BCUT2D eigenvalue weighted by molar-refractivity contribution is 0.430. The first kappa shape index (κ1) is 16.3. The van der Waals surface area contributed by atoms with Crippen LogP contribution >= 0.6 is 24.0 Å². The molecule has 1 atom stereocenters.